The van der Waals surface area contributed by atoms with Crippen molar-refractivity contribution in [1.82, 2.24) is 15.3 Å². The van der Waals surface area contributed by atoms with E-state index in [-0.39, 0.29) is 0 Å². The topological polar surface area (TPSA) is 40.7 Å². The Morgan fingerprint density at radius 2 is 1.90 bits per heavy atom. The smallest absolute Gasteiger partial charge is 0.110 e. The average Bonchev–Trinajstić information content (AvgIpc) is 2.96. The molecule has 0 radical (unpaired) electrons. The van der Waals surface area contributed by atoms with Gasteiger partial charge in [-0.3, -0.25) is 0 Å². The molecular weight excluding hydrogens is 258 g/mol. The van der Waals surface area contributed by atoms with Gasteiger partial charge in [0.15, 0.2) is 0 Å². The summed E-state index contributed by atoms with van der Waals surface area (Å²) >= 11 is 0. The van der Waals surface area contributed by atoms with Gasteiger partial charge in [0.05, 0.1) is 0 Å². The number of hydrogen-bond donors (Lipinski definition) is 2. The van der Waals surface area contributed by atoms with E-state index >= 15 is 0 Å². The second-order valence-corrected chi connectivity index (χ2v) is 6.23. The van der Waals surface area contributed by atoms with E-state index in [0.29, 0.717) is 6.04 Å². The van der Waals surface area contributed by atoms with Gasteiger partial charge >= 0.3 is 0 Å². The zero-order valence-corrected chi connectivity index (χ0v) is 12.9. The lowest BCUT2D eigenvalue weighted by Crippen LogP contribution is -2.30. The molecule has 0 spiro atoms. The number of aromatic amines is 1. The van der Waals surface area contributed by atoms with E-state index in [1.54, 1.807) is 0 Å². The van der Waals surface area contributed by atoms with Gasteiger partial charge < -0.3 is 10.3 Å². The number of imidazole rings is 1. The lowest BCUT2D eigenvalue weighted by atomic mass is 9.95. The quantitative estimate of drug-likeness (QED) is 0.878. The molecule has 1 aliphatic carbocycles. The predicted molar refractivity (Wildman–Crippen MR) is 86.3 cm³/mol. The van der Waals surface area contributed by atoms with Gasteiger partial charge in [0.25, 0.3) is 0 Å². The van der Waals surface area contributed by atoms with Crippen molar-refractivity contribution in [2.45, 2.75) is 58.0 Å². The summed E-state index contributed by atoms with van der Waals surface area (Å²) < 4.78 is 0. The van der Waals surface area contributed by atoms with Crippen molar-refractivity contribution in [3.8, 4) is 0 Å². The van der Waals surface area contributed by atoms with Crippen LogP contribution in [-0.4, -0.2) is 16.0 Å². The summed E-state index contributed by atoms with van der Waals surface area (Å²) in [4.78, 5) is 7.94. The zero-order chi connectivity index (χ0) is 14.5. The Morgan fingerprint density at radius 1 is 1.14 bits per heavy atom. The molecule has 0 saturated heterocycles. The van der Waals surface area contributed by atoms with Gasteiger partial charge in [-0.2, -0.15) is 0 Å². The number of aryl methyl sites for hydroxylation is 1. The number of benzene rings is 1. The lowest BCUT2D eigenvalue weighted by Gasteiger charge is -2.22. The Labute approximate surface area is 127 Å². The van der Waals surface area contributed by atoms with Crippen LogP contribution in [-0.2, 0) is 13.0 Å². The van der Waals surface area contributed by atoms with Gasteiger partial charge in [0.2, 0.25) is 0 Å². The third-order valence-electron chi connectivity index (χ3n) is 4.36. The summed E-state index contributed by atoms with van der Waals surface area (Å²) in [7, 11) is 0. The predicted octanol–water partition coefficient (Wildman–Crippen LogP) is 3.73. The number of hydrogen-bond acceptors (Lipinski definition) is 2. The number of rotatable bonds is 5. The van der Waals surface area contributed by atoms with E-state index in [1.165, 1.54) is 48.9 Å². The first-order valence-electron chi connectivity index (χ1n) is 8.11. The minimum absolute atomic E-state index is 0.697. The van der Waals surface area contributed by atoms with Crippen LogP contribution >= 0.6 is 0 Å². The largest absolute Gasteiger partial charge is 0.345 e. The average molecular weight is 283 g/mol. The highest BCUT2D eigenvalue weighted by molar-refractivity contribution is 5.24. The summed E-state index contributed by atoms with van der Waals surface area (Å²) in [6, 6.07) is 9.37. The van der Waals surface area contributed by atoms with Gasteiger partial charge in [-0.1, -0.05) is 49.1 Å². The molecule has 0 bridgehead atoms. The second-order valence-electron chi connectivity index (χ2n) is 6.23. The molecule has 2 N–H and O–H groups in total. The maximum absolute atomic E-state index is 4.50. The van der Waals surface area contributed by atoms with Crippen molar-refractivity contribution in [3.05, 3.63) is 53.1 Å². The molecule has 1 aliphatic rings. The fourth-order valence-electron chi connectivity index (χ4n) is 3.05. The number of nitrogens with zero attached hydrogens (tertiary/aromatic N) is 1. The van der Waals surface area contributed by atoms with Crippen LogP contribution < -0.4 is 5.32 Å². The first-order chi connectivity index (χ1) is 10.3. The molecule has 1 aromatic carbocycles. The molecular formula is C18H25N3. The molecule has 0 unspecified atom stereocenters. The van der Waals surface area contributed by atoms with E-state index in [1.807, 2.05) is 6.20 Å². The molecule has 1 saturated carbocycles. The van der Waals surface area contributed by atoms with Crippen molar-refractivity contribution >= 4 is 0 Å². The van der Waals surface area contributed by atoms with Crippen LogP contribution in [0.2, 0.25) is 0 Å². The van der Waals surface area contributed by atoms with Crippen LogP contribution in [0.15, 0.2) is 30.5 Å². The third-order valence-corrected chi connectivity index (χ3v) is 4.36. The zero-order valence-electron chi connectivity index (χ0n) is 12.9. The summed E-state index contributed by atoms with van der Waals surface area (Å²) in [5.41, 5.74) is 3.81. The van der Waals surface area contributed by atoms with Crippen molar-refractivity contribution < 1.29 is 0 Å². The Hall–Kier alpha value is -1.61. The summed E-state index contributed by atoms with van der Waals surface area (Å²) in [6.45, 7) is 3.03. The third kappa shape index (κ3) is 4.18. The standard InChI is InChI=1S/C18H25N3/c1-14-7-9-15(10-8-14)11-18-20-13-17(21-18)12-19-16-5-3-2-4-6-16/h7-10,13,16,19H,2-6,11-12H2,1H3,(H,20,21). The highest BCUT2D eigenvalue weighted by Crippen LogP contribution is 2.17. The Kier molecular flexibility index (Phi) is 4.71. The van der Waals surface area contributed by atoms with E-state index < -0.39 is 0 Å². The monoisotopic (exact) mass is 283 g/mol. The van der Waals surface area contributed by atoms with Crippen LogP contribution in [0.1, 0.15) is 54.7 Å². The van der Waals surface area contributed by atoms with Crippen LogP contribution in [0.4, 0.5) is 0 Å². The maximum Gasteiger partial charge on any atom is 0.110 e. The molecule has 0 atom stereocenters. The molecule has 3 nitrogen and oxygen atoms in total. The minimum Gasteiger partial charge on any atom is -0.345 e. The number of H-pyrrole nitrogens is 1. The number of nitrogens with one attached hydrogen (secondary N) is 2. The Bertz CT molecular complexity index is 550. The molecule has 21 heavy (non-hydrogen) atoms. The second kappa shape index (κ2) is 6.90. The van der Waals surface area contributed by atoms with E-state index in [2.05, 4.69) is 46.5 Å². The molecule has 112 valence electrons. The molecule has 1 heterocycles. The first-order valence-corrected chi connectivity index (χ1v) is 8.11. The van der Waals surface area contributed by atoms with Crippen LogP contribution in [0.5, 0.6) is 0 Å². The molecule has 1 aromatic heterocycles. The van der Waals surface area contributed by atoms with E-state index in [4.69, 9.17) is 0 Å². The lowest BCUT2D eigenvalue weighted by molar-refractivity contribution is 0.371. The fourth-order valence-corrected chi connectivity index (χ4v) is 3.05. The fraction of sp³-hybridized carbons (Fsp3) is 0.500. The Morgan fingerprint density at radius 3 is 2.67 bits per heavy atom. The maximum atomic E-state index is 4.50. The van der Waals surface area contributed by atoms with Crippen molar-refractivity contribution in [2.75, 3.05) is 0 Å². The van der Waals surface area contributed by atoms with Gasteiger partial charge in [-0.15, -0.1) is 0 Å². The summed E-state index contributed by atoms with van der Waals surface area (Å²) in [5.74, 6) is 1.05. The normalized spacial score (nSPS) is 16.2. The van der Waals surface area contributed by atoms with E-state index in [9.17, 15) is 0 Å². The number of aromatic nitrogens is 2. The van der Waals surface area contributed by atoms with E-state index in [0.717, 1.165) is 18.8 Å². The molecule has 3 rings (SSSR count). The molecule has 1 fully saturated rings. The highest BCUT2D eigenvalue weighted by atomic mass is 15.0. The minimum atomic E-state index is 0.697. The molecule has 0 amide bonds. The van der Waals surface area contributed by atoms with Gasteiger partial charge in [0, 0.05) is 30.9 Å². The van der Waals surface area contributed by atoms with Crippen LogP contribution in [0.25, 0.3) is 0 Å². The van der Waals surface area contributed by atoms with Crippen molar-refractivity contribution in [1.29, 1.82) is 0 Å². The summed E-state index contributed by atoms with van der Waals surface area (Å²) in [5, 5.41) is 3.65. The van der Waals surface area contributed by atoms with Crippen LogP contribution in [0, 0.1) is 6.92 Å². The molecule has 0 aliphatic heterocycles. The summed E-state index contributed by atoms with van der Waals surface area (Å²) in [6.07, 6.45) is 9.65. The van der Waals surface area contributed by atoms with Gasteiger partial charge in [-0.25, -0.2) is 4.98 Å². The van der Waals surface area contributed by atoms with Crippen LogP contribution in [0.3, 0.4) is 0 Å². The first kappa shape index (κ1) is 14.3. The molecule has 3 heteroatoms. The van der Waals surface area contributed by atoms with Crippen molar-refractivity contribution in [3.63, 3.8) is 0 Å². The van der Waals surface area contributed by atoms with Gasteiger partial charge in [0.1, 0.15) is 5.82 Å². The SMILES string of the molecule is Cc1ccc(Cc2ncc(CNC3CCCCC3)[nH]2)cc1. The Balaban J connectivity index is 1.52. The van der Waals surface area contributed by atoms with Gasteiger partial charge in [-0.05, 0) is 25.3 Å². The van der Waals surface area contributed by atoms with Crippen molar-refractivity contribution in [2.24, 2.45) is 0 Å². The molecule has 2 aromatic rings. The highest BCUT2D eigenvalue weighted by Gasteiger charge is 2.12.